The molecule has 0 heterocycles. The van der Waals surface area contributed by atoms with Crippen LogP contribution in [0.25, 0.3) is 0 Å². The van der Waals surface area contributed by atoms with Crippen LogP contribution in [0.4, 0.5) is 11.4 Å². The lowest BCUT2D eigenvalue weighted by atomic mass is 10.2. The zero-order valence-corrected chi connectivity index (χ0v) is 13.1. The molecule has 8 nitrogen and oxygen atoms in total. The molecule has 8 heteroatoms. The second-order valence-electron chi connectivity index (χ2n) is 4.27. The SMILES string of the molecule is COC(=O)/C=C\C(=O)Nc1ccc(NC(=O)/C=C/C(=O)OC)cc1. The third-order valence-corrected chi connectivity index (χ3v) is 2.56. The van der Waals surface area contributed by atoms with Crippen LogP contribution in [0.3, 0.4) is 0 Å². The molecule has 126 valence electrons. The number of benzene rings is 1. The summed E-state index contributed by atoms with van der Waals surface area (Å²) in [5.41, 5.74) is 0.940. The van der Waals surface area contributed by atoms with E-state index in [0.29, 0.717) is 11.4 Å². The van der Waals surface area contributed by atoms with Crippen molar-refractivity contribution in [3.05, 3.63) is 48.6 Å². The largest absolute Gasteiger partial charge is 0.466 e. The molecule has 0 aliphatic rings. The lowest BCUT2D eigenvalue weighted by molar-refractivity contribution is -0.135. The summed E-state index contributed by atoms with van der Waals surface area (Å²) >= 11 is 0. The Balaban J connectivity index is 2.57. The van der Waals surface area contributed by atoms with Gasteiger partial charge in [0.1, 0.15) is 0 Å². The van der Waals surface area contributed by atoms with Gasteiger partial charge in [0.05, 0.1) is 14.2 Å². The standard InChI is InChI=1S/C16H16N2O6/c1-23-15(21)9-7-13(19)17-11-3-5-12(6-4-11)18-14(20)8-10-16(22)24-2/h3-10H,1-2H3,(H,17,19)(H,18,20)/b9-7-,10-8+. The Hall–Kier alpha value is -3.42. The third-order valence-electron chi connectivity index (χ3n) is 2.56. The number of anilines is 2. The number of carbonyl (C=O) groups excluding carboxylic acids is 4. The van der Waals surface area contributed by atoms with Crippen LogP contribution in [0.1, 0.15) is 0 Å². The molecule has 0 aliphatic carbocycles. The van der Waals surface area contributed by atoms with E-state index < -0.39 is 23.8 Å². The third kappa shape index (κ3) is 7.03. The first-order chi connectivity index (χ1) is 11.4. The van der Waals surface area contributed by atoms with Crippen LogP contribution in [0, 0.1) is 0 Å². The minimum atomic E-state index is -0.636. The second kappa shape index (κ2) is 9.57. The summed E-state index contributed by atoms with van der Waals surface area (Å²) in [6.45, 7) is 0. The second-order valence-corrected chi connectivity index (χ2v) is 4.27. The zero-order valence-electron chi connectivity index (χ0n) is 13.1. The van der Waals surface area contributed by atoms with Gasteiger partial charge in [0, 0.05) is 35.7 Å². The molecule has 2 N–H and O–H groups in total. The number of hydrogen-bond acceptors (Lipinski definition) is 6. The number of methoxy groups -OCH3 is 2. The van der Waals surface area contributed by atoms with Gasteiger partial charge >= 0.3 is 11.9 Å². The minimum absolute atomic E-state index is 0.470. The first-order valence-corrected chi connectivity index (χ1v) is 6.68. The van der Waals surface area contributed by atoms with Crippen LogP contribution in [-0.2, 0) is 28.7 Å². The highest BCUT2D eigenvalue weighted by Gasteiger charge is 2.02. The van der Waals surface area contributed by atoms with Crippen LogP contribution in [0.15, 0.2) is 48.6 Å². The number of carbonyl (C=O) groups is 4. The van der Waals surface area contributed by atoms with E-state index in [1.165, 1.54) is 14.2 Å². The summed E-state index contributed by atoms with van der Waals surface area (Å²) in [7, 11) is 2.41. The highest BCUT2D eigenvalue weighted by atomic mass is 16.5. The van der Waals surface area contributed by atoms with Crippen molar-refractivity contribution in [2.75, 3.05) is 24.9 Å². The molecule has 1 aromatic rings. The lowest BCUT2D eigenvalue weighted by Gasteiger charge is -2.05. The van der Waals surface area contributed by atoms with Gasteiger partial charge in [-0.1, -0.05) is 0 Å². The summed E-state index contributed by atoms with van der Waals surface area (Å²) in [6.07, 6.45) is 4.08. The van der Waals surface area contributed by atoms with E-state index in [1.54, 1.807) is 24.3 Å². The minimum Gasteiger partial charge on any atom is -0.466 e. The Bertz CT molecular complexity index is 617. The molecular formula is C16H16N2O6. The van der Waals surface area contributed by atoms with E-state index in [0.717, 1.165) is 24.3 Å². The fraction of sp³-hybridized carbons (Fsp3) is 0.125. The van der Waals surface area contributed by atoms with Gasteiger partial charge < -0.3 is 20.1 Å². The fourth-order valence-electron chi connectivity index (χ4n) is 1.43. The van der Waals surface area contributed by atoms with Gasteiger partial charge in [-0.05, 0) is 24.3 Å². The van der Waals surface area contributed by atoms with Crippen LogP contribution in [0.5, 0.6) is 0 Å². The number of hydrogen-bond donors (Lipinski definition) is 2. The van der Waals surface area contributed by atoms with E-state index in [9.17, 15) is 19.2 Å². The molecule has 0 fully saturated rings. The lowest BCUT2D eigenvalue weighted by Crippen LogP contribution is -2.10. The van der Waals surface area contributed by atoms with Gasteiger partial charge in [-0.3, -0.25) is 9.59 Å². The molecule has 0 aromatic heterocycles. The predicted octanol–water partition coefficient (Wildman–Crippen LogP) is 1.02. The molecule has 1 aromatic carbocycles. The Morgan fingerprint density at radius 3 is 1.33 bits per heavy atom. The molecule has 0 atom stereocenters. The van der Waals surface area contributed by atoms with E-state index in [2.05, 4.69) is 20.1 Å². The van der Waals surface area contributed by atoms with Gasteiger partial charge in [0.25, 0.3) is 0 Å². The van der Waals surface area contributed by atoms with Gasteiger partial charge in [0.2, 0.25) is 11.8 Å². The number of nitrogens with one attached hydrogen (secondary N) is 2. The van der Waals surface area contributed by atoms with Crippen molar-refractivity contribution in [3.8, 4) is 0 Å². The Morgan fingerprint density at radius 1 is 0.708 bits per heavy atom. The number of amides is 2. The first kappa shape index (κ1) is 18.6. The molecule has 1 rings (SSSR count). The predicted molar refractivity (Wildman–Crippen MR) is 86.0 cm³/mol. The fourth-order valence-corrected chi connectivity index (χ4v) is 1.43. The maximum atomic E-state index is 11.5. The molecule has 0 bridgehead atoms. The van der Waals surface area contributed by atoms with Crippen LogP contribution < -0.4 is 10.6 Å². The van der Waals surface area contributed by atoms with E-state index in [4.69, 9.17) is 0 Å². The van der Waals surface area contributed by atoms with Crippen molar-refractivity contribution in [1.29, 1.82) is 0 Å². The van der Waals surface area contributed by atoms with Crippen molar-refractivity contribution in [2.24, 2.45) is 0 Å². The average Bonchev–Trinajstić information content (AvgIpc) is 2.59. The highest BCUT2D eigenvalue weighted by molar-refractivity contribution is 6.04. The van der Waals surface area contributed by atoms with Crippen molar-refractivity contribution in [1.82, 2.24) is 0 Å². The molecule has 2 amide bonds. The normalized spacial score (nSPS) is 10.4. The molecule has 24 heavy (non-hydrogen) atoms. The maximum Gasteiger partial charge on any atom is 0.330 e. The molecule has 0 aliphatic heterocycles. The summed E-state index contributed by atoms with van der Waals surface area (Å²) in [4.78, 5) is 44.8. The molecular weight excluding hydrogens is 316 g/mol. The van der Waals surface area contributed by atoms with Crippen molar-refractivity contribution in [3.63, 3.8) is 0 Å². The molecule has 0 radical (unpaired) electrons. The van der Waals surface area contributed by atoms with Gasteiger partial charge in [-0.2, -0.15) is 0 Å². The molecule has 0 unspecified atom stereocenters. The van der Waals surface area contributed by atoms with Crippen molar-refractivity contribution in [2.45, 2.75) is 0 Å². The smallest absolute Gasteiger partial charge is 0.330 e. The monoisotopic (exact) mass is 332 g/mol. The van der Waals surface area contributed by atoms with E-state index >= 15 is 0 Å². The van der Waals surface area contributed by atoms with E-state index in [-0.39, 0.29) is 0 Å². The highest BCUT2D eigenvalue weighted by Crippen LogP contribution is 2.13. The quantitative estimate of drug-likeness (QED) is 0.594. The average molecular weight is 332 g/mol. The van der Waals surface area contributed by atoms with Gasteiger partial charge in [-0.15, -0.1) is 0 Å². The molecule has 0 saturated carbocycles. The van der Waals surface area contributed by atoms with Crippen LogP contribution in [-0.4, -0.2) is 38.0 Å². The molecule has 0 spiro atoms. The maximum absolute atomic E-state index is 11.5. The van der Waals surface area contributed by atoms with Crippen LogP contribution in [0.2, 0.25) is 0 Å². The Kier molecular flexibility index (Phi) is 7.43. The number of esters is 2. The summed E-state index contributed by atoms with van der Waals surface area (Å²) < 4.78 is 8.73. The van der Waals surface area contributed by atoms with Crippen molar-refractivity contribution < 1.29 is 28.7 Å². The Morgan fingerprint density at radius 2 is 1.04 bits per heavy atom. The number of ether oxygens (including phenoxy) is 2. The van der Waals surface area contributed by atoms with Gasteiger partial charge in [-0.25, -0.2) is 9.59 Å². The topological polar surface area (TPSA) is 111 Å². The van der Waals surface area contributed by atoms with Crippen LogP contribution >= 0.6 is 0 Å². The van der Waals surface area contributed by atoms with E-state index in [1.807, 2.05) is 0 Å². The van der Waals surface area contributed by atoms with Crippen molar-refractivity contribution >= 4 is 35.1 Å². The number of rotatable bonds is 6. The molecule has 0 saturated heterocycles. The summed E-state index contributed by atoms with van der Waals surface area (Å²) in [5, 5.41) is 5.06. The van der Waals surface area contributed by atoms with Gasteiger partial charge in [0.15, 0.2) is 0 Å². The zero-order chi connectivity index (χ0) is 17.9. The first-order valence-electron chi connectivity index (χ1n) is 6.68. The summed E-state index contributed by atoms with van der Waals surface area (Å²) in [6, 6.07) is 6.24. The summed E-state index contributed by atoms with van der Waals surface area (Å²) in [5.74, 6) is -2.28. The Labute approximate surface area is 138 Å².